The number of hydrogen-bond acceptors (Lipinski definition) is 5. The summed E-state index contributed by atoms with van der Waals surface area (Å²) in [5.41, 5.74) is 4.17. The molecule has 1 fully saturated rings. The second-order valence-electron chi connectivity index (χ2n) is 10.5. The lowest BCUT2D eigenvalue weighted by atomic mass is 9.85. The van der Waals surface area contributed by atoms with E-state index in [-0.39, 0.29) is 18.2 Å². The SMILES string of the molecule is O=C(O)CC(CCC1CCN(C(=O)CCc2ccc3c(n2)NCCC3)CC1)c1cnc2ccccc2c1. The minimum Gasteiger partial charge on any atom is -0.481 e. The number of nitrogens with one attached hydrogen (secondary N) is 1. The van der Waals surface area contributed by atoms with E-state index in [2.05, 4.69) is 28.5 Å². The number of rotatable bonds is 9. The van der Waals surface area contributed by atoms with E-state index in [1.54, 1.807) is 0 Å². The van der Waals surface area contributed by atoms with Gasteiger partial charge in [-0.25, -0.2) is 4.98 Å². The number of hydrogen-bond donors (Lipinski definition) is 2. The Hall–Kier alpha value is -3.48. The number of fused-ring (bicyclic) bond motifs is 2. The van der Waals surface area contributed by atoms with Gasteiger partial charge in [-0.05, 0) is 86.1 Å². The maximum absolute atomic E-state index is 12.9. The molecular weight excluding hydrogens is 464 g/mol. The van der Waals surface area contributed by atoms with E-state index in [4.69, 9.17) is 4.98 Å². The van der Waals surface area contributed by atoms with Crippen LogP contribution in [0, 0.1) is 5.92 Å². The smallest absolute Gasteiger partial charge is 0.303 e. The van der Waals surface area contributed by atoms with Gasteiger partial charge >= 0.3 is 5.97 Å². The maximum atomic E-state index is 12.9. The average molecular weight is 501 g/mol. The van der Waals surface area contributed by atoms with E-state index < -0.39 is 5.97 Å². The highest BCUT2D eigenvalue weighted by atomic mass is 16.4. The van der Waals surface area contributed by atoms with Crippen molar-refractivity contribution in [3.63, 3.8) is 0 Å². The zero-order chi connectivity index (χ0) is 25.6. The molecule has 7 heteroatoms. The Morgan fingerprint density at radius 2 is 1.97 bits per heavy atom. The molecule has 1 aromatic carbocycles. The van der Waals surface area contributed by atoms with Crippen molar-refractivity contribution in [3.8, 4) is 0 Å². The number of carbonyl (C=O) groups excluding carboxylic acids is 1. The third-order valence-corrected chi connectivity index (χ3v) is 7.94. The predicted molar refractivity (Wildman–Crippen MR) is 145 cm³/mol. The van der Waals surface area contributed by atoms with Crippen LogP contribution in [0.25, 0.3) is 10.9 Å². The molecule has 0 aliphatic carbocycles. The lowest BCUT2D eigenvalue weighted by Crippen LogP contribution is -2.38. The Balaban J connectivity index is 1.10. The number of anilines is 1. The van der Waals surface area contributed by atoms with Crippen molar-refractivity contribution in [3.05, 3.63) is 65.5 Å². The van der Waals surface area contributed by atoms with Crippen LogP contribution in [-0.4, -0.2) is 51.5 Å². The van der Waals surface area contributed by atoms with Crippen molar-refractivity contribution in [2.45, 2.75) is 63.7 Å². The molecule has 2 N–H and O–H groups in total. The van der Waals surface area contributed by atoms with Crippen LogP contribution in [0.2, 0.25) is 0 Å². The number of amides is 1. The Morgan fingerprint density at radius 1 is 1.14 bits per heavy atom. The zero-order valence-corrected chi connectivity index (χ0v) is 21.4. The van der Waals surface area contributed by atoms with Gasteiger partial charge < -0.3 is 15.3 Å². The number of piperidine rings is 1. The molecule has 194 valence electrons. The molecule has 2 aliphatic heterocycles. The number of aliphatic carboxylic acids is 1. The summed E-state index contributed by atoms with van der Waals surface area (Å²) in [5, 5.41) is 13.9. The van der Waals surface area contributed by atoms with Crippen molar-refractivity contribution in [1.29, 1.82) is 0 Å². The number of nitrogens with zero attached hydrogens (tertiary/aromatic N) is 3. The first-order valence-electron chi connectivity index (χ1n) is 13.6. The number of carboxylic acid groups (broad SMARTS) is 1. The Labute approximate surface area is 218 Å². The molecule has 37 heavy (non-hydrogen) atoms. The number of benzene rings is 1. The van der Waals surface area contributed by atoms with Crippen LogP contribution in [0.3, 0.4) is 0 Å². The van der Waals surface area contributed by atoms with Crippen LogP contribution >= 0.6 is 0 Å². The van der Waals surface area contributed by atoms with Gasteiger partial charge in [0.25, 0.3) is 0 Å². The Kier molecular flexibility index (Phi) is 7.97. The predicted octanol–water partition coefficient (Wildman–Crippen LogP) is 5.20. The molecule has 5 rings (SSSR count). The van der Waals surface area contributed by atoms with Crippen molar-refractivity contribution >= 4 is 28.6 Å². The molecule has 0 bridgehead atoms. The number of pyridine rings is 2. The van der Waals surface area contributed by atoms with Gasteiger partial charge in [0.05, 0.1) is 11.9 Å². The van der Waals surface area contributed by atoms with E-state index in [9.17, 15) is 14.7 Å². The van der Waals surface area contributed by atoms with E-state index in [1.165, 1.54) is 5.56 Å². The fraction of sp³-hybridized carbons (Fsp3) is 0.467. The quantitative estimate of drug-likeness (QED) is 0.419. The minimum atomic E-state index is -0.775. The van der Waals surface area contributed by atoms with Crippen molar-refractivity contribution in [2.24, 2.45) is 5.92 Å². The van der Waals surface area contributed by atoms with Crippen LogP contribution in [0.1, 0.15) is 67.7 Å². The minimum absolute atomic E-state index is 0.0483. The second-order valence-corrected chi connectivity index (χ2v) is 10.5. The number of para-hydroxylation sites is 1. The lowest BCUT2D eigenvalue weighted by Gasteiger charge is -2.32. The fourth-order valence-corrected chi connectivity index (χ4v) is 5.72. The largest absolute Gasteiger partial charge is 0.481 e. The molecule has 1 unspecified atom stereocenters. The molecular formula is C30H36N4O3. The highest BCUT2D eigenvalue weighted by Crippen LogP contribution is 2.31. The monoisotopic (exact) mass is 500 g/mol. The van der Waals surface area contributed by atoms with Gasteiger partial charge in [-0.2, -0.15) is 0 Å². The summed E-state index contributed by atoms with van der Waals surface area (Å²) in [4.78, 5) is 35.7. The van der Waals surface area contributed by atoms with Crippen LogP contribution in [0.4, 0.5) is 5.82 Å². The van der Waals surface area contributed by atoms with Crippen LogP contribution in [0.15, 0.2) is 48.7 Å². The lowest BCUT2D eigenvalue weighted by molar-refractivity contribution is -0.137. The Morgan fingerprint density at radius 3 is 2.81 bits per heavy atom. The molecule has 1 atom stereocenters. The Bertz CT molecular complexity index is 1250. The maximum Gasteiger partial charge on any atom is 0.303 e. The van der Waals surface area contributed by atoms with Gasteiger partial charge in [0, 0.05) is 43.3 Å². The summed E-state index contributed by atoms with van der Waals surface area (Å²) in [5.74, 6) is 0.882. The molecule has 0 saturated carbocycles. The molecule has 2 aromatic heterocycles. The highest BCUT2D eigenvalue weighted by Gasteiger charge is 2.25. The molecule has 1 saturated heterocycles. The van der Waals surface area contributed by atoms with Crippen molar-refractivity contribution in [2.75, 3.05) is 25.0 Å². The van der Waals surface area contributed by atoms with Crippen molar-refractivity contribution < 1.29 is 14.7 Å². The third kappa shape index (κ3) is 6.45. The van der Waals surface area contributed by atoms with Crippen LogP contribution in [0.5, 0.6) is 0 Å². The molecule has 0 radical (unpaired) electrons. The summed E-state index contributed by atoms with van der Waals surface area (Å²) >= 11 is 0. The van der Waals surface area contributed by atoms with Crippen molar-refractivity contribution in [1.82, 2.24) is 14.9 Å². The van der Waals surface area contributed by atoms with Gasteiger partial charge in [0.15, 0.2) is 0 Å². The first kappa shape index (κ1) is 25.2. The molecule has 2 aliphatic rings. The third-order valence-electron chi connectivity index (χ3n) is 7.94. The normalized spacial score (nSPS) is 16.7. The van der Waals surface area contributed by atoms with Gasteiger partial charge in [-0.1, -0.05) is 24.3 Å². The average Bonchev–Trinajstić information content (AvgIpc) is 2.93. The van der Waals surface area contributed by atoms with E-state index in [0.29, 0.717) is 18.8 Å². The summed E-state index contributed by atoms with van der Waals surface area (Å²) < 4.78 is 0. The summed E-state index contributed by atoms with van der Waals surface area (Å²) in [6, 6.07) is 14.2. The number of aromatic nitrogens is 2. The van der Waals surface area contributed by atoms with E-state index in [1.807, 2.05) is 35.4 Å². The summed E-state index contributed by atoms with van der Waals surface area (Å²) in [6.07, 6.45) is 9.07. The number of carboxylic acids is 1. The van der Waals surface area contributed by atoms with Gasteiger partial charge in [-0.15, -0.1) is 0 Å². The zero-order valence-electron chi connectivity index (χ0n) is 21.4. The van der Waals surface area contributed by atoms with Gasteiger partial charge in [0.2, 0.25) is 5.91 Å². The topological polar surface area (TPSA) is 95.4 Å². The first-order chi connectivity index (χ1) is 18.0. The summed E-state index contributed by atoms with van der Waals surface area (Å²) in [7, 11) is 0. The number of carbonyl (C=O) groups is 2. The molecule has 0 spiro atoms. The fourth-order valence-electron chi connectivity index (χ4n) is 5.72. The highest BCUT2D eigenvalue weighted by molar-refractivity contribution is 5.79. The molecule has 7 nitrogen and oxygen atoms in total. The summed E-state index contributed by atoms with van der Waals surface area (Å²) in [6.45, 7) is 2.53. The number of aryl methyl sites for hydroxylation is 2. The standard InChI is InChI=1S/C30H36N4O3/c35-28(12-11-26-10-9-22-5-3-15-31-30(22)33-26)34-16-13-21(14-17-34)7-8-23(19-29(36)37)25-18-24-4-1-2-6-27(24)32-20-25/h1-2,4,6,9-10,18,20-21,23H,3,5,7-8,11-17,19H2,(H,31,33)(H,36,37). The van der Waals surface area contributed by atoms with Gasteiger partial charge in [0.1, 0.15) is 5.82 Å². The molecule has 3 aromatic rings. The second kappa shape index (κ2) is 11.7. The van der Waals surface area contributed by atoms with Gasteiger partial charge in [-0.3, -0.25) is 14.6 Å². The van der Waals surface area contributed by atoms with Crippen LogP contribution < -0.4 is 5.32 Å². The molecule has 4 heterocycles. The first-order valence-corrected chi connectivity index (χ1v) is 13.6. The number of likely N-dealkylation sites (tertiary alicyclic amines) is 1. The molecule has 1 amide bonds. The van der Waals surface area contributed by atoms with E-state index in [0.717, 1.165) is 86.1 Å². The van der Waals surface area contributed by atoms with E-state index >= 15 is 0 Å². The van der Waals surface area contributed by atoms with Crippen LogP contribution in [-0.2, 0) is 22.4 Å².